The van der Waals surface area contributed by atoms with Crippen LogP contribution in [0.25, 0.3) is 5.70 Å². The molecule has 1 aromatic heterocycles. The third kappa shape index (κ3) is 5.48. The molecule has 2 heterocycles. The maximum Gasteiger partial charge on any atom is 0.410 e. The minimum absolute atomic E-state index is 0.134. The fourth-order valence-corrected chi connectivity index (χ4v) is 2.34. The first-order chi connectivity index (χ1) is 11.7. The van der Waals surface area contributed by atoms with Crippen molar-refractivity contribution in [2.45, 2.75) is 32.8 Å². The predicted octanol–water partition coefficient (Wildman–Crippen LogP) is 2.55. The van der Waals surface area contributed by atoms with Crippen LogP contribution in [0.3, 0.4) is 0 Å². The van der Waals surface area contributed by atoms with Gasteiger partial charge in [-0.15, -0.1) is 0 Å². The van der Waals surface area contributed by atoms with Crippen LogP contribution in [0.5, 0.6) is 0 Å². The Labute approximate surface area is 148 Å². The molecule has 0 aromatic carbocycles. The standard InChI is InChI=1S/C18H26N4O3/c1-18(2,3)25-17(24)21-9-7-15(8-10-21)22-11-6-14(12-16(22)23)19-13-20(4)5/h6-7,11-13H,8-10H2,1-5H3. The molecule has 136 valence electrons. The molecule has 2 rings (SSSR count). The van der Waals surface area contributed by atoms with Gasteiger partial charge in [-0.25, -0.2) is 9.79 Å². The van der Waals surface area contributed by atoms with E-state index in [2.05, 4.69) is 4.99 Å². The number of rotatable bonds is 3. The Bertz CT molecular complexity index is 741. The van der Waals surface area contributed by atoms with Gasteiger partial charge in [0.2, 0.25) is 0 Å². The number of ether oxygens (including phenoxy) is 1. The van der Waals surface area contributed by atoms with Gasteiger partial charge in [-0.3, -0.25) is 9.36 Å². The second-order valence-electron chi connectivity index (χ2n) is 7.17. The number of aliphatic imine (C=N–C) groups is 1. The van der Waals surface area contributed by atoms with Crippen molar-refractivity contribution in [1.29, 1.82) is 0 Å². The van der Waals surface area contributed by atoms with Crippen LogP contribution in [0.15, 0.2) is 34.2 Å². The van der Waals surface area contributed by atoms with Crippen molar-refractivity contribution in [3.63, 3.8) is 0 Å². The lowest BCUT2D eigenvalue weighted by Crippen LogP contribution is -2.39. The van der Waals surface area contributed by atoms with Crippen molar-refractivity contribution in [2.24, 2.45) is 4.99 Å². The Morgan fingerprint density at radius 2 is 2.08 bits per heavy atom. The van der Waals surface area contributed by atoms with Crippen LogP contribution < -0.4 is 5.56 Å². The second-order valence-corrected chi connectivity index (χ2v) is 7.17. The van der Waals surface area contributed by atoms with Gasteiger partial charge in [0, 0.05) is 51.6 Å². The molecule has 1 amide bonds. The lowest BCUT2D eigenvalue weighted by molar-refractivity contribution is 0.0269. The maximum atomic E-state index is 12.3. The molecule has 1 aliphatic rings. The van der Waals surface area contributed by atoms with E-state index in [-0.39, 0.29) is 11.7 Å². The van der Waals surface area contributed by atoms with E-state index in [1.807, 2.05) is 40.9 Å². The summed E-state index contributed by atoms with van der Waals surface area (Å²) in [5, 5.41) is 0. The third-order valence-corrected chi connectivity index (χ3v) is 3.49. The molecule has 7 heteroatoms. The molecule has 0 saturated carbocycles. The molecule has 0 spiro atoms. The lowest BCUT2D eigenvalue weighted by atomic mass is 10.2. The summed E-state index contributed by atoms with van der Waals surface area (Å²) >= 11 is 0. The second kappa shape index (κ2) is 7.55. The zero-order chi connectivity index (χ0) is 18.6. The molecule has 0 aliphatic carbocycles. The Hall–Kier alpha value is -2.57. The van der Waals surface area contributed by atoms with Crippen LogP contribution in [-0.4, -0.2) is 59.6 Å². The van der Waals surface area contributed by atoms with Crippen molar-refractivity contribution in [1.82, 2.24) is 14.4 Å². The smallest absolute Gasteiger partial charge is 0.410 e. The summed E-state index contributed by atoms with van der Waals surface area (Å²) in [4.78, 5) is 32.1. The van der Waals surface area contributed by atoms with Gasteiger partial charge in [0.1, 0.15) is 5.60 Å². The zero-order valence-electron chi connectivity index (χ0n) is 15.5. The van der Waals surface area contributed by atoms with E-state index in [1.54, 1.807) is 33.0 Å². The zero-order valence-corrected chi connectivity index (χ0v) is 15.5. The topological polar surface area (TPSA) is 67.1 Å². The van der Waals surface area contributed by atoms with Gasteiger partial charge >= 0.3 is 6.09 Å². The fraction of sp³-hybridized carbons (Fsp3) is 0.500. The summed E-state index contributed by atoms with van der Waals surface area (Å²) in [6, 6.07) is 3.30. The first kappa shape index (κ1) is 18.8. The molecule has 0 bridgehead atoms. The molecule has 7 nitrogen and oxygen atoms in total. The van der Waals surface area contributed by atoms with E-state index >= 15 is 0 Å². The number of hydrogen-bond donors (Lipinski definition) is 0. The maximum absolute atomic E-state index is 12.3. The molecule has 0 fully saturated rings. The van der Waals surface area contributed by atoms with E-state index < -0.39 is 5.60 Å². The number of carbonyl (C=O) groups is 1. The van der Waals surface area contributed by atoms with Crippen molar-refractivity contribution >= 4 is 23.8 Å². The number of amides is 1. The molecule has 0 unspecified atom stereocenters. The van der Waals surface area contributed by atoms with Crippen LogP contribution in [0.1, 0.15) is 27.2 Å². The van der Waals surface area contributed by atoms with Crippen LogP contribution in [0.2, 0.25) is 0 Å². The Morgan fingerprint density at radius 1 is 1.36 bits per heavy atom. The monoisotopic (exact) mass is 346 g/mol. The van der Waals surface area contributed by atoms with Gasteiger partial charge in [-0.2, -0.15) is 0 Å². The van der Waals surface area contributed by atoms with E-state index in [0.717, 1.165) is 5.70 Å². The van der Waals surface area contributed by atoms with E-state index in [1.165, 1.54) is 6.07 Å². The average Bonchev–Trinajstić information content (AvgIpc) is 2.51. The average molecular weight is 346 g/mol. The van der Waals surface area contributed by atoms with E-state index in [0.29, 0.717) is 25.2 Å². The SMILES string of the molecule is CN(C)C=Nc1ccn(C2=CCN(C(=O)OC(C)(C)C)CC2)c(=O)c1. The first-order valence-electron chi connectivity index (χ1n) is 8.26. The van der Waals surface area contributed by atoms with Crippen molar-refractivity contribution in [2.75, 3.05) is 27.2 Å². The highest BCUT2D eigenvalue weighted by Crippen LogP contribution is 2.18. The molecule has 1 aromatic rings. The number of hydrogen-bond acceptors (Lipinski definition) is 4. The summed E-state index contributed by atoms with van der Waals surface area (Å²) in [6.45, 7) is 6.48. The Balaban J connectivity index is 2.09. The molecular weight excluding hydrogens is 320 g/mol. The van der Waals surface area contributed by atoms with Gasteiger partial charge in [0.15, 0.2) is 0 Å². The normalized spacial score (nSPS) is 15.2. The molecule has 25 heavy (non-hydrogen) atoms. The molecule has 0 N–H and O–H groups in total. The largest absolute Gasteiger partial charge is 0.444 e. The van der Waals surface area contributed by atoms with Crippen LogP contribution in [0.4, 0.5) is 10.5 Å². The van der Waals surface area contributed by atoms with Crippen LogP contribution in [-0.2, 0) is 4.74 Å². The summed E-state index contributed by atoms with van der Waals surface area (Å²) < 4.78 is 6.97. The number of pyridine rings is 1. The van der Waals surface area contributed by atoms with Gasteiger partial charge in [-0.05, 0) is 32.9 Å². The van der Waals surface area contributed by atoms with Crippen molar-refractivity contribution < 1.29 is 9.53 Å². The van der Waals surface area contributed by atoms with Crippen LogP contribution in [0, 0.1) is 0 Å². The fourth-order valence-electron chi connectivity index (χ4n) is 2.34. The van der Waals surface area contributed by atoms with E-state index in [4.69, 9.17) is 4.74 Å². The molecule has 1 aliphatic heterocycles. The summed E-state index contributed by atoms with van der Waals surface area (Å²) in [5.74, 6) is 0. The highest BCUT2D eigenvalue weighted by Gasteiger charge is 2.24. The van der Waals surface area contributed by atoms with Crippen LogP contribution >= 0.6 is 0 Å². The number of aromatic nitrogens is 1. The number of nitrogens with zero attached hydrogens (tertiary/aromatic N) is 4. The van der Waals surface area contributed by atoms with Gasteiger partial charge in [0.25, 0.3) is 5.56 Å². The highest BCUT2D eigenvalue weighted by molar-refractivity contribution is 5.69. The minimum atomic E-state index is -0.513. The van der Waals surface area contributed by atoms with Crippen molar-refractivity contribution in [3.05, 3.63) is 34.8 Å². The lowest BCUT2D eigenvalue weighted by Gasteiger charge is -2.29. The van der Waals surface area contributed by atoms with Gasteiger partial charge in [0.05, 0.1) is 12.0 Å². The third-order valence-electron chi connectivity index (χ3n) is 3.49. The molecule has 0 saturated heterocycles. The first-order valence-corrected chi connectivity index (χ1v) is 8.26. The van der Waals surface area contributed by atoms with Crippen molar-refractivity contribution in [3.8, 4) is 0 Å². The minimum Gasteiger partial charge on any atom is -0.444 e. The summed E-state index contributed by atoms with van der Waals surface area (Å²) in [6.07, 6.45) is 5.53. The summed E-state index contributed by atoms with van der Waals surface area (Å²) in [7, 11) is 3.74. The Morgan fingerprint density at radius 3 is 2.60 bits per heavy atom. The predicted molar refractivity (Wildman–Crippen MR) is 99.2 cm³/mol. The number of carbonyl (C=O) groups excluding carboxylic acids is 1. The van der Waals surface area contributed by atoms with Gasteiger partial charge in [-0.1, -0.05) is 0 Å². The molecule has 0 radical (unpaired) electrons. The highest BCUT2D eigenvalue weighted by atomic mass is 16.6. The van der Waals surface area contributed by atoms with Gasteiger partial charge < -0.3 is 14.5 Å². The van der Waals surface area contributed by atoms with E-state index in [9.17, 15) is 9.59 Å². The molecular formula is C18H26N4O3. The quantitative estimate of drug-likeness (QED) is 0.623. The Kier molecular flexibility index (Phi) is 5.66. The summed E-state index contributed by atoms with van der Waals surface area (Å²) in [5.41, 5.74) is 0.848. The molecule has 0 atom stereocenters.